The number of amides is 2. The Labute approximate surface area is 117 Å². The van der Waals surface area contributed by atoms with Crippen molar-refractivity contribution in [2.45, 2.75) is 6.54 Å². The van der Waals surface area contributed by atoms with Gasteiger partial charge < -0.3 is 10.2 Å². The van der Waals surface area contributed by atoms with E-state index in [4.69, 9.17) is 0 Å². The molecule has 0 spiro atoms. The minimum Gasteiger partial charge on any atom is -0.342 e. The molecule has 20 heavy (non-hydrogen) atoms. The van der Waals surface area contributed by atoms with Gasteiger partial charge in [0.05, 0.1) is 12.2 Å². The lowest BCUT2D eigenvalue weighted by Gasteiger charge is -2.32. The number of piperazine rings is 1. The number of hydrazine groups is 1. The van der Waals surface area contributed by atoms with Gasteiger partial charge in [0, 0.05) is 32.4 Å². The summed E-state index contributed by atoms with van der Waals surface area (Å²) in [5.74, 6) is -1.28. The average Bonchev–Trinajstić information content (AvgIpc) is 2.48. The van der Waals surface area contributed by atoms with Gasteiger partial charge in [-0.15, -0.1) is 0 Å². The summed E-state index contributed by atoms with van der Waals surface area (Å²) in [5.41, 5.74) is 3.33. The van der Waals surface area contributed by atoms with Crippen molar-refractivity contribution in [1.29, 1.82) is 0 Å². The Balaban J connectivity index is 1.73. The summed E-state index contributed by atoms with van der Waals surface area (Å²) in [6, 6.07) is 5.42. The Bertz CT molecular complexity index is 457. The minimum absolute atomic E-state index is 0.246. The fraction of sp³-hybridized carbons (Fsp3) is 0.462. The fourth-order valence-corrected chi connectivity index (χ4v) is 1.87. The van der Waals surface area contributed by atoms with Crippen LogP contribution in [0.1, 0.15) is 5.69 Å². The van der Waals surface area contributed by atoms with Gasteiger partial charge in [0.1, 0.15) is 0 Å². The second-order valence-corrected chi connectivity index (χ2v) is 4.74. The Hall–Kier alpha value is -1.99. The van der Waals surface area contributed by atoms with Crippen molar-refractivity contribution in [1.82, 2.24) is 25.6 Å². The number of carbonyl (C=O) groups is 2. The molecule has 108 valence electrons. The van der Waals surface area contributed by atoms with Crippen molar-refractivity contribution < 1.29 is 9.59 Å². The number of rotatable bonds is 3. The van der Waals surface area contributed by atoms with Gasteiger partial charge in [0.15, 0.2) is 0 Å². The summed E-state index contributed by atoms with van der Waals surface area (Å²) in [4.78, 5) is 29.6. The van der Waals surface area contributed by atoms with Crippen molar-refractivity contribution >= 4 is 11.8 Å². The van der Waals surface area contributed by atoms with Crippen molar-refractivity contribution in [2.24, 2.45) is 0 Å². The SMILES string of the molecule is CN1CCN(NC(=O)C(=O)NCc2ccccn2)CC1. The number of nitrogens with one attached hydrogen (secondary N) is 2. The largest absolute Gasteiger partial charge is 0.342 e. The fourth-order valence-electron chi connectivity index (χ4n) is 1.87. The first-order valence-corrected chi connectivity index (χ1v) is 6.57. The molecule has 1 aromatic heterocycles. The van der Waals surface area contributed by atoms with E-state index in [0.717, 1.165) is 26.2 Å². The zero-order valence-corrected chi connectivity index (χ0v) is 11.5. The van der Waals surface area contributed by atoms with E-state index in [2.05, 4.69) is 20.6 Å². The molecule has 0 bridgehead atoms. The normalized spacial score (nSPS) is 16.6. The summed E-state index contributed by atoms with van der Waals surface area (Å²) in [6.45, 7) is 3.42. The highest BCUT2D eigenvalue weighted by Crippen LogP contribution is 1.95. The molecule has 1 saturated heterocycles. The lowest BCUT2D eigenvalue weighted by molar-refractivity contribution is -0.142. The number of likely N-dealkylation sites (N-methyl/N-ethyl adjacent to an activating group) is 1. The third kappa shape index (κ3) is 4.29. The highest BCUT2D eigenvalue weighted by atomic mass is 16.2. The molecule has 0 atom stereocenters. The van der Waals surface area contributed by atoms with Crippen molar-refractivity contribution in [3.8, 4) is 0 Å². The van der Waals surface area contributed by atoms with E-state index >= 15 is 0 Å². The van der Waals surface area contributed by atoms with Crippen LogP contribution in [0.4, 0.5) is 0 Å². The van der Waals surface area contributed by atoms with E-state index in [1.165, 1.54) is 0 Å². The summed E-state index contributed by atoms with van der Waals surface area (Å²) in [7, 11) is 2.03. The molecule has 1 fully saturated rings. The zero-order valence-electron chi connectivity index (χ0n) is 11.5. The first-order chi connectivity index (χ1) is 9.65. The Morgan fingerprint density at radius 1 is 1.20 bits per heavy atom. The van der Waals surface area contributed by atoms with Gasteiger partial charge in [0.2, 0.25) is 0 Å². The van der Waals surface area contributed by atoms with Gasteiger partial charge in [-0.3, -0.25) is 20.0 Å². The minimum atomic E-state index is -0.644. The maximum Gasteiger partial charge on any atom is 0.323 e. The number of hydrogen-bond donors (Lipinski definition) is 2. The molecule has 1 aliphatic rings. The molecule has 7 nitrogen and oxygen atoms in total. The summed E-state index contributed by atoms with van der Waals surface area (Å²) in [6.07, 6.45) is 1.64. The molecule has 0 aliphatic carbocycles. The number of nitrogens with zero attached hydrogens (tertiary/aromatic N) is 3. The molecule has 2 amide bonds. The summed E-state index contributed by atoms with van der Waals surface area (Å²) >= 11 is 0. The second kappa shape index (κ2) is 6.97. The molecule has 0 radical (unpaired) electrons. The predicted octanol–water partition coefficient (Wildman–Crippen LogP) is -1.02. The maximum absolute atomic E-state index is 11.7. The van der Waals surface area contributed by atoms with E-state index in [1.807, 2.05) is 13.1 Å². The average molecular weight is 277 g/mol. The first-order valence-electron chi connectivity index (χ1n) is 6.57. The molecule has 0 saturated carbocycles. The molecule has 7 heteroatoms. The van der Waals surface area contributed by atoms with Crippen LogP contribution in [-0.4, -0.2) is 59.9 Å². The molecule has 1 aliphatic heterocycles. The van der Waals surface area contributed by atoms with Crippen molar-refractivity contribution in [2.75, 3.05) is 33.2 Å². The van der Waals surface area contributed by atoms with Gasteiger partial charge in [-0.05, 0) is 19.2 Å². The Kier molecular flexibility index (Phi) is 5.03. The van der Waals surface area contributed by atoms with Gasteiger partial charge in [0.25, 0.3) is 0 Å². The number of hydrogen-bond acceptors (Lipinski definition) is 5. The van der Waals surface area contributed by atoms with Crippen LogP contribution in [0.2, 0.25) is 0 Å². The van der Waals surface area contributed by atoms with Crippen molar-refractivity contribution in [3.05, 3.63) is 30.1 Å². The molecule has 0 unspecified atom stereocenters. The number of carbonyl (C=O) groups excluding carboxylic acids is 2. The van der Waals surface area contributed by atoms with Crippen LogP contribution in [0.5, 0.6) is 0 Å². The van der Waals surface area contributed by atoms with Crippen LogP contribution in [0, 0.1) is 0 Å². The lowest BCUT2D eigenvalue weighted by Crippen LogP contribution is -2.55. The van der Waals surface area contributed by atoms with Crippen LogP contribution in [-0.2, 0) is 16.1 Å². The first kappa shape index (κ1) is 14.4. The summed E-state index contributed by atoms with van der Waals surface area (Å²) in [5, 5.41) is 4.31. The summed E-state index contributed by atoms with van der Waals surface area (Å²) < 4.78 is 0. The zero-order chi connectivity index (χ0) is 14.4. The third-order valence-electron chi connectivity index (χ3n) is 3.13. The Morgan fingerprint density at radius 3 is 2.60 bits per heavy atom. The van der Waals surface area contributed by atoms with Gasteiger partial charge in [-0.1, -0.05) is 6.07 Å². The van der Waals surface area contributed by atoms with Crippen LogP contribution in [0.3, 0.4) is 0 Å². The molecule has 2 N–H and O–H groups in total. The quantitative estimate of drug-likeness (QED) is 0.691. The molecular formula is C13H19N5O2. The van der Waals surface area contributed by atoms with E-state index in [1.54, 1.807) is 23.3 Å². The van der Waals surface area contributed by atoms with E-state index in [9.17, 15) is 9.59 Å². The molecule has 1 aromatic rings. The number of aromatic nitrogens is 1. The molecule has 2 heterocycles. The van der Waals surface area contributed by atoms with E-state index in [-0.39, 0.29) is 6.54 Å². The number of pyridine rings is 1. The van der Waals surface area contributed by atoms with Gasteiger partial charge in [-0.25, -0.2) is 5.01 Å². The lowest BCUT2D eigenvalue weighted by atomic mass is 10.3. The van der Waals surface area contributed by atoms with Crippen LogP contribution in [0.25, 0.3) is 0 Å². The monoisotopic (exact) mass is 277 g/mol. The van der Waals surface area contributed by atoms with E-state index in [0.29, 0.717) is 5.69 Å². The molecule has 0 aromatic carbocycles. The molecular weight excluding hydrogens is 258 g/mol. The third-order valence-corrected chi connectivity index (χ3v) is 3.13. The van der Waals surface area contributed by atoms with Crippen LogP contribution < -0.4 is 10.7 Å². The smallest absolute Gasteiger partial charge is 0.323 e. The van der Waals surface area contributed by atoms with Crippen molar-refractivity contribution in [3.63, 3.8) is 0 Å². The maximum atomic E-state index is 11.7. The highest BCUT2D eigenvalue weighted by molar-refractivity contribution is 6.34. The Morgan fingerprint density at radius 2 is 1.95 bits per heavy atom. The standard InChI is InChI=1S/C13H19N5O2/c1-17-6-8-18(9-7-17)16-13(20)12(19)15-10-11-4-2-3-5-14-11/h2-5H,6-10H2,1H3,(H,15,19)(H,16,20). The van der Waals surface area contributed by atoms with Crippen LogP contribution in [0.15, 0.2) is 24.4 Å². The second-order valence-electron chi connectivity index (χ2n) is 4.74. The van der Waals surface area contributed by atoms with Gasteiger partial charge >= 0.3 is 11.8 Å². The highest BCUT2D eigenvalue weighted by Gasteiger charge is 2.19. The molecule has 2 rings (SSSR count). The predicted molar refractivity (Wildman–Crippen MR) is 73.3 cm³/mol. The van der Waals surface area contributed by atoms with Gasteiger partial charge in [-0.2, -0.15) is 0 Å². The van der Waals surface area contributed by atoms with E-state index < -0.39 is 11.8 Å². The topological polar surface area (TPSA) is 77.6 Å². The van der Waals surface area contributed by atoms with Crippen LogP contribution >= 0.6 is 0 Å².